The number of carbonyl (C=O) groups is 2. The molecular formula is C19H34N4O3. The smallest absolute Gasteiger partial charge is 0.331 e. The third kappa shape index (κ3) is 4.11. The number of aliphatic carboxylic acids is 1. The predicted molar refractivity (Wildman–Crippen MR) is 100 cm³/mol. The fourth-order valence-corrected chi connectivity index (χ4v) is 5.01. The molecule has 0 aromatic rings. The lowest BCUT2D eigenvalue weighted by Gasteiger charge is -2.47. The minimum Gasteiger partial charge on any atom is -0.480 e. The number of hydrogen-bond donors (Lipinski definition) is 3. The first kappa shape index (κ1) is 19.7. The lowest BCUT2D eigenvalue weighted by molar-refractivity contribution is -0.161. The summed E-state index contributed by atoms with van der Waals surface area (Å²) in [7, 11) is 0. The number of nitrogens with one attached hydrogen (secondary N) is 2. The summed E-state index contributed by atoms with van der Waals surface area (Å²) in [6.45, 7) is 8.48. The summed E-state index contributed by atoms with van der Waals surface area (Å²) < 4.78 is 0. The molecule has 0 aromatic heterocycles. The van der Waals surface area contributed by atoms with Gasteiger partial charge in [-0.05, 0) is 71.1 Å². The molecule has 0 bridgehead atoms. The molecule has 26 heavy (non-hydrogen) atoms. The first-order valence-corrected chi connectivity index (χ1v) is 10.2. The number of carboxylic acid groups (broad SMARTS) is 1. The van der Waals surface area contributed by atoms with Gasteiger partial charge in [0.1, 0.15) is 0 Å². The number of carboxylic acids is 1. The lowest BCUT2D eigenvalue weighted by Crippen LogP contribution is -2.66. The summed E-state index contributed by atoms with van der Waals surface area (Å²) in [5.74, 6) is -0.864. The van der Waals surface area contributed by atoms with Crippen LogP contribution in [-0.4, -0.2) is 90.6 Å². The molecule has 3 aliphatic rings. The van der Waals surface area contributed by atoms with Gasteiger partial charge in [-0.25, -0.2) is 4.79 Å². The minimum absolute atomic E-state index is 0.209. The molecule has 0 aliphatic carbocycles. The Balaban J connectivity index is 1.68. The molecular weight excluding hydrogens is 332 g/mol. The highest BCUT2D eigenvalue weighted by atomic mass is 16.4. The van der Waals surface area contributed by atoms with E-state index in [1.807, 2.05) is 4.90 Å². The second-order valence-electron chi connectivity index (χ2n) is 8.12. The Morgan fingerprint density at radius 3 is 2.00 bits per heavy atom. The Morgan fingerprint density at radius 2 is 1.50 bits per heavy atom. The monoisotopic (exact) mass is 366 g/mol. The van der Waals surface area contributed by atoms with E-state index in [9.17, 15) is 14.7 Å². The number of hydrogen-bond acceptors (Lipinski definition) is 6. The van der Waals surface area contributed by atoms with Gasteiger partial charge in [-0.2, -0.15) is 0 Å². The zero-order chi connectivity index (χ0) is 18.6. The van der Waals surface area contributed by atoms with Crippen molar-refractivity contribution in [1.29, 1.82) is 0 Å². The van der Waals surface area contributed by atoms with Gasteiger partial charge in [-0.3, -0.25) is 14.6 Å². The van der Waals surface area contributed by atoms with E-state index < -0.39 is 11.5 Å². The molecule has 0 saturated carbocycles. The van der Waals surface area contributed by atoms with Crippen LogP contribution in [0.5, 0.6) is 0 Å². The van der Waals surface area contributed by atoms with Gasteiger partial charge in [0.25, 0.3) is 0 Å². The largest absolute Gasteiger partial charge is 0.480 e. The number of carbonyl (C=O) groups excluding carboxylic acids is 1. The van der Waals surface area contributed by atoms with Crippen molar-refractivity contribution in [3.05, 3.63) is 0 Å². The van der Waals surface area contributed by atoms with E-state index in [1.54, 1.807) is 0 Å². The highest BCUT2D eigenvalue weighted by molar-refractivity contribution is 6.06. The van der Waals surface area contributed by atoms with Gasteiger partial charge in [0, 0.05) is 32.2 Å². The molecule has 3 N–H and O–H groups in total. The molecule has 3 saturated heterocycles. The van der Waals surface area contributed by atoms with Crippen LogP contribution in [0.3, 0.4) is 0 Å². The van der Waals surface area contributed by atoms with E-state index in [0.29, 0.717) is 31.5 Å². The van der Waals surface area contributed by atoms with E-state index in [-0.39, 0.29) is 5.78 Å². The number of piperazine rings is 1. The maximum Gasteiger partial charge on any atom is 0.331 e. The van der Waals surface area contributed by atoms with Crippen LogP contribution in [0.2, 0.25) is 0 Å². The van der Waals surface area contributed by atoms with Crippen molar-refractivity contribution in [1.82, 2.24) is 20.4 Å². The molecule has 1 atom stereocenters. The van der Waals surface area contributed by atoms with Gasteiger partial charge in [0.2, 0.25) is 0 Å². The van der Waals surface area contributed by atoms with Crippen LogP contribution >= 0.6 is 0 Å². The van der Waals surface area contributed by atoms with Crippen LogP contribution < -0.4 is 10.6 Å². The Hall–Kier alpha value is -1.02. The average molecular weight is 367 g/mol. The van der Waals surface area contributed by atoms with E-state index in [4.69, 9.17) is 0 Å². The zero-order valence-electron chi connectivity index (χ0n) is 16.0. The number of nitrogens with zero attached hydrogens (tertiary/aromatic N) is 2. The number of piperidine rings is 2. The molecule has 3 aliphatic heterocycles. The van der Waals surface area contributed by atoms with Crippen molar-refractivity contribution in [3.63, 3.8) is 0 Å². The molecule has 3 rings (SSSR count). The third-order valence-corrected chi connectivity index (χ3v) is 6.66. The Morgan fingerprint density at radius 1 is 0.962 bits per heavy atom. The molecule has 7 nitrogen and oxygen atoms in total. The Bertz CT molecular complexity index is 479. The standard InChI is InChI=1S/C19H34N4O3/c1-15(24)19(18(25)26,14-16-2-6-20-7-3-16)23-12-10-22(11-13-23)17-4-8-21-9-5-17/h16-17,20-21H,2-14H2,1H3,(H,25,26). The quantitative estimate of drug-likeness (QED) is 0.577. The van der Waals surface area contributed by atoms with Crippen LogP contribution in [0.15, 0.2) is 0 Å². The number of ketones is 1. The predicted octanol–water partition coefficient (Wildman–Crippen LogP) is 0.158. The van der Waals surface area contributed by atoms with Gasteiger partial charge in [0.15, 0.2) is 11.3 Å². The van der Waals surface area contributed by atoms with Crippen molar-refractivity contribution < 1.29 is 14.7 Å². The number of rotatable bonds is 6. The summed E-state index contributed by atoms with van der Waals surface area (Å²) in [5.41, 5.74) is -1.35. The van der Waals surface area contributed by atoms with Crippen molar-refractivity contribution >= 4 is 11.8 Å². The second kappa shape index (κ2) is 8.78. The van der Waals surface area contributed by atoms with Crippen LogP contribution in [0, 0.1) is 5.92 Å². The summed E-state index contributed by atoms with van der Waals surface area (Å²) in [6.07, 6.45) is 4.68. The zero-order valence-corrected chi connectivity index (χ0v) is 16.0. The minimum atomic E-state index is -1.35. The van der Waals surface area contributed by atoms with Crippen LogP contribution in [0.4, 0.5) is 0 Å². The molecule has 0 aromatic carbocycles. The van der Waals surface area contributed by atoms with E-state index in [1.165, 1.54) is 6.92 Å². The van der Waals surface area contributed by atoms with E-state index in [0.717, 1.165) is 65.0 Å². The maximum absolute atomic E-state index is 12.6. The Kier molecular flexibility index (Phi) is 6.66. The van der Waals surface area contributed by atoms with E-state index in [2.05, 4.69) is 15.5 Å². The summed E-state index contributed by atoms with van der Waals surface area (Å²) in [4.78, 5) is 29.4. The topological polar surface area (TPSA) is 84.9 Å². The molecule has 3 heterocycles. The van der Waals surface area contributed by atoms with E-state index >= 15 is 0 Å². The first-order valence-electron chi connectivity index (χ1n) is 10.2. The molecule has 7 heteroatoms. The fraction of sp³-hybridized carbons (Fsp3) is 0.895. The molecule has 0 amide bonds. The van der Waals surface area contributed by atoms with Crippen molar-refractivity contribution in [2.75, 3.05) is 52.4 Å². The van der Waals surface area contributed by atoms with Crippen molar-refractivity contribution in [3.8, 4) is 0 Å². The maximum atomic E-state index is 12.6. The third-order valence-electron chi connectivity index (χ3n) is 6.66. The van der Waals surface area contributed by atoms with Gasteiger partial charge in [0.05, 0.1) is 0 Å². The normalized spacial score (nSPS) is 27.1. The van der Waals surface area contributed by atoms with Crippen molar-refractivity contribution in [2.24, 2.45) is 5.92 Å². The summed E-state index contributed by atoms with van der Waals surface area (Å²) >= 11 is 0. The van der Waals surface area contributed by atoms with Gasteiger partial charge < -0.3 is 15.7 Å². The molecule has 1 unspecified atom stereocenters. The van der Waals surface area contributed by atoms with Crippen LogP contribution in [0.1, 0.15) is 39.0 Å². The molecule has 0 radical (unpaired) electrons. The highest BCUT2D eigenvalue weighted by Crippen LogP contribution is 2.32. The number of Topliss-reactive ketones (excluding diaryl/α,β-unsaturated/α-hetero) is 1. The lowest BCUT2D eigenvalue weighted by atomic mass is 9.78. The van der Waals surface area contributed by atoms with Crippen LogP contribution in [0.25, 0.3) is 0 Å². The molecule has 148 valence electrons. The second-order valence-corrected chi connectivity index (χ2v) is 8.12. The molecule has 0 spiro atoms. The molecule has 3 fully saturated rings. The summed E-state index contributed by atoms with van der Waals surface area (Å²) in [6, 6.07) is 0.597. The SMILES string of the molecule is CC(=O)C(CC1CCNCC1)(C(=O)O)N1CCN(C2CCNCC2)CC1. The van der Waals surface area contributed by atoms with Gasteiger partial charge in [-0.1, -0.05) is 0 Å². The Labute approximate surface area is 156 Å². The van der Waals surface area contributed by atoms with Crippen LogP contribution in [-0.2, 0) is 9.59 Å². The van der Waals surface area contributed by atoms with Gasteiger partial charge >= 0.3 is 5.97 Å². The average Bonchev–Trinajstić information content (AvgIpc) is 2.67. The summed E-state index contributed by atoms with van der Waals surface area (Å²) in [5, 5.41) is 16.8. The van der Waals surface area contributed by atoms with Crippen molar-refractivity contribution in [2.45, 2.75) is 50.6 Å². The fourth-order valence-electron chi connectivity index (χ4n) is 5.01. The van der Waals surface area contributed by atoms with Gasteiger partial charge in [-0.15, -0.1) is 0 Å². The first-order chi connectivity index (χ1) is 12.5. The highest BCUT2D eigenvalue weighted by Gasteiger charge is 2.51.